The molecule has 0 radical (unpaired) electrons. The molecule has 0 spiro atoms. The summed E-state index contributed by atoms with van der Waals surface area (Å²) >= 11 is 5.85. The summed E-state index contributed by atoms with van der Waals surface area (Å²) in [6, 6.07) is 4.67. The van der Waals surface area contributed by atoms with Gasteiger partial charge in [0.1, 0.15) is 0 Å². The Balaban J connectivity index is 0.00000400. The van der Waals surface area contributed by atoms with Gasteiger partial charge in [-0.3, -0.25) is 9.59 Å². The summed E-state index contributed by atoms with van der Waals surface area (Å²) in [5.41, 5.74) is 6.15. The minimum absolute atomic E-state index is 0. The molecule has 0 aliphatic heterocycles. The van der Waals surface area contributed by atoms with Gasteiger partial charge in [-0.2, -0.15) is 0 Å². The highest BCUT2D eigenvalue weighted by molar-refractivity contribution is 6.31. The first-order valence-electron chi connectivity index (χ1n) is 6.06. The van der Waals surface area contributed by atoms with E-state index in [1.54, 1.807) is 12.1 Å². The fourth-order valence-electron chi connectivity index (χ4n) is 1.62. The van der Waals surface area contributed by atoms with Crippen molar-refractivity contribution in [1.82, 2.24) is 5.32 Å². The Morgan fingerprint density at radius 1 is 1.43 bits per heavy atom. The molecule has 0 aliphatic carbocycles. The van der Waals surface area contributed by atoms with E-state index >= 15 is 0 Å². The molecular weight excluding hydrogens is 317 g/mol. The van der Waals surface area contributed by atoms with Gasteiger partial charge in [0.25, 0.3) is 5.91 Å². The monoisotopic (exact) mass is 335 g/mol. The summed E-state index contributed by atoms with van der Waals surface area (Å²) in [4.78, 5) is 23.6. The van der Waals surface area contributed by atoms with E-state index in [0.717, 1.165) is 0 Å². The first-order chi connectivity index (χ1) is 9.51. The molecule has 1 aromatic carbocycles. The largest absolute Gasteiger partial charge is 0.380 e. The molecule has 4 N–H and O–H groups in total. The number of carbonyl (C=O) groups excluding carboxylic acids is 2. The quantitative estimate of drug-likeness (QED) is 0.732. The first kappa shape index (κ1) is 19.7. The molecule has 0 fully saturated rings. The zero-order chi connectivity index (χ0) is 15.1. The number of anilines is 1. The van der Waals surface area contributed by atoms with E-state index in [0.29, 0.717) is 16.3 Å². The summed E-state index contributed by atoms with van der Waals surface area (Å²) in [7, 11) is 2.99. The highest BCUT2D eigenvalue weighted by Crippen LogP contribution is 2.21. The maximum Gasteiger partial charge on any atom is 0.253 e. The van der Waals surface area contributed by atoms with Crippen LogP contribution in [0.5, 0.6) is 0 Å². The Morgan fingerprint density at radius 2 is 2.10 bits per heavy atom. The second-order valence-corrected chi connectivity index (χ2v) is 4.55. The second-order valence-electron chi connectivity index (χ2n) is 4.11. The highest BCUT2D eigenvalue weighted by Gasteiger charge is 2.16. The molecule has 0 saturated carbocycles. The van der Waals surface area contributed by atoms with Crippen molar-refractivity contribution < 1.29 is 14.3 Å². The summed E-state index contributed by atoms with van der Waals surface area (Å²) in [5.74, 6) is -0.611. The van der Waals surface area contributed by atoms with Gasteiger partial charge in [0.2, 0.25) is 5.91 Å². The molecule has 1 aromatic rings. The van der Waals surface area contributed by atoms with Crippen LogP contribution >= 0.6 is 24.0 Å². The van der Waals surface area contributed by atoms with Crippen LogP contribution in [0.2, 0.25) is 5.02 Å². The van der Waals surface area contributed by atoms with Gasteiger partial charge in [0, 0.05) is 25.7 Å². The number of amides is 2. The van der Waals surface area contributed by atoms with E-state index in [1.165, 1.54) is 20.2 Å². The number of rotatable bonds is 6. The summed E-state index contributed by atoms with van der Waals surface area (Å²) in [6.45, 7) is 0.243. The Labute approximate surface area is 134 Å². The van der Waals surface area contributed by atoms with Crippen LogP contribution in [-0.4, -0.2) is 38.6 Å². The zero-order valence-electron chi connectivity index (χ0n) is 11.8. The first-order valence-corrected chi connectivity index (χ1v) is 6.44. The summed E-state index contributed by atoms with van der Waals surface area (Å²) in [6.07, 6.45) is -0.242. The molecule has 0 aromatic heterocycles. The van der Waals surface area contributed by atoms with Crippen molar-refractivity contribution in [1.29, 1.82) is 0 Å². The molecule has 0 bridgehead atoms. The fraction of sp³-hybridized carbons (Fsp3) is 0.385. The molecule has 1 atom stereocenters. The molecule has 1 rings (SSSR count). The third-order valence-electron chi connectivity index (χ3n) is 2.74. The van der Waals surface area contributed by atoms with Crippen LogP contribution in [0.3, 0.4) is 0 Å². The van der Waals surface area contributed by atoms with E-state index in [-0.39, 0.29) is 43.3 Å². The van der Waals surface area contributed by atoms with E-state index in [1.807, 2.05) is 0 Å². The van der Waals surface area contributed by atoms with E-state index in [2.05, 4.69) is 10.6 Å². The lowest BCUT2D eigenvalue weighted by Crippen LogP contribution is -2.29. The van der Waals surface area contributed by atoms with Crippen molar-refractivity contribution in [2.75, 3.05) is 26.0 Å². The van der Waals surface area contributed by atoms with Crippen LogP contribution in [-0.2, 0) is 9.53 Å². The van der Waals surface area contributed by atoms with E-state index in [4.69, 9.17) is 22.1 Å². The molecule has 118 valence electrons. The molecule has 8 heteroatoms. The van der Waals surface area contributed by atoms with Gasteiger partial charge in [0.05, 0.1) is 23.8 Å². The Morgan fingerprint density at radius 3 is 2.62 bits per heavy atom. The van der Waals surface area contributed by atoms with Crippen LogP contribution in [0, 0.1) is 0 Å². The van der Waals surface area contributed by atoms with Crippen molar-refractivity contribution in [2.45, 2.75) is 12.5 Å². The lowest BCUT2D eigenvalue weighted by molar-refractivity contribution is -0.118. The number of nitrogens with one attached hydrogen (secondary N) is 2. The minimum Gasteiger partial charge on any atom is -0.380 e. The predicted molar refractivity (Wildman–Crippen MR) is 85.2 cm³/mol. The number of benzene rings is 1. The maximum atomic E-state index is 11.9. The second kappa shape index (κ2) is 9.57. The summed E-state index contributed by atoms with van der Waals surface area (Å²) in [5, 5.41) is 5.56. The lowest BCUT2D eigenvalue weighted by atomic mass is 10.1. The van der Waals surface area contributed by atoms with Crippen LogP contribution in [0.1, 0.15) is 16.8 Å². The van der Waals surface area contributed by atoms with E-state index < -0.39 is 0 Å². The average Bonchev–Trinajstić information content (AvgIpc) is 2.45. The minimum atomic E-state index is -0.356. The number of hydrogen-bond acceptors (Lipinski definition) is 4. The smallest absolute Gasteiger partial charge is 0.253 e. The van der Waals surface area contributed by atoms with Gasteiger partial charge in [-0.05, 0) is 18.2 Å². The third-order valence-corrected chi connectivity index (χ3v) is 2.97. The summed E-state index contributed by atoms with van der Waals surface area (Å²) < 4.78 is 5.04. The number of halogens is 2. The van der Waals surface area contributed by atoms with Gasteiger partial charge in [-0.25, -0.2) is 0 Å². The van der Waals surface area contributed by atoms with Crippen LogP contribution in [0.25, 0.3) is 0 Å². The normalized spacial score (nSPS) is 11.2. The van der Waals surface area contributed by atoms with Crippen LogP contribution in [0.15, 0.2) is 18.2 Å². The molecule has 0 heterocycles. The van der Waals surface area contributed by atoms with Gasteiger partial charge < -0.3 is 21.1 Å². The zero-order valence-corrected chi connectivity index (χ0v) is 13.4. The highest BCUT2D eigenvalue weighted by atomic mass is 35.5. The van der Waals surface area contributed by atoms with Crippen molar-refractivity contribution >= 4 is 41.5 Å². The number of methoxy groups -OCH3 is 1. The molecule has 2 amide bonds. The Kier molecular flexibility index (Phi) is 8.96. The van der Waals surface area contributed by atoms with Crippen LogP contribution < -0.4 is 16.4 Å². The van der Waals surface area contributed by atoms with Crippen molar-refractivity contribution in [3.8, 4) is 0 Å². The Bertz CT molecular complexity index is 494. The lowest BCUT2D eigenvalue weighted by Gasteiger charge is -2.14. The SMILES string of the molecule is CNC(=O)c1cc(Cl)ccc1NC(=O)CC(CN)OC.Cl. The average molecular weight is 336 g/mol. The topological polar surface area (TPSA) is 93.5 Å². The van der Waals surface area contributed by atoms with Crippen molar-refractivity contribution in [3.05, 3.63) is 28.8 Å². The van der Waals surface area contributed by atoms with E-state index in [9.17, 15) is 9.59 Å². The van der Waals surface area contributed by atoms with Gasteiger partial charge >= 0.3 is 0 Å². The molecule has 1 unspecified atom stereocenters. The fourth-order valence-corrected chi connectivity index (χ4v) is 1.79. The Hall–Kier alpha value is -1.34. The molecule has 0 saturated heterocycles. The molecular formula is C13H19Cl2N3O3. The number of ether oxygens (including phenoxy) is 1. The molecule has 0 aliphatic rings. The number of carbonyl (C=O) groups is 2. The van der Waals surface area contributed by atoms with Crippen LogP contribution in [0.4, 0.5) is 5.69 Å². The third kappa shape index (κ3) is 5.89. The number of nitrogens with two attached hydrogens (primary N) is 1. The van der Waals surface area contributed by atoms with Crippen molar-refractivity contribution in [2.24, 2.45) is 5.73 Å². The molecule has 6 nitrogen and oxygen atoms in total. The maximum absolute atomic E-state index is 11.9. The molecule has 21 heavy (non-hydrogen) atoms. The number of hydrogen-bond donors (Lipinski definition) is 3. The van der Waals surface area contributed by atoms with Gasteiger partial charge in [0.15, 0.2) is 0 Å². The van der Waals surface area contributed by atoms with Gasteiger partial charge in [-0.15, -0.1) is 12.4 Å². The van der Waals surface area contributed by atoms with Gasteiger partial charge in [-0.1, -0.05) is 11.6 Å². The standard InChI is InChI=1S/C13H18ClN3O3.ClH/c1-16-13(19)10-5-8(14)3-4-11(10)17-12(18)6-9(7-15)20-2;/h3-5,9H,6-7,15H2,1-2H3,(H,16,19)(H,17,18);1H. The predicted octanol–water partition coefficient (Wildman–Crippen LogP) is 1.42. The van der Waals surface area contributed by atoms with Crippen molar-refractivity contribution in [3.63, 3.8) is 0 Å².